The van der Waals surface area contributed by atoms with E-state index in [0.717, 1.165) is 6.07 Å². The number of carbonyl (C=O) groups is 3. The van der Waals surface area contributed by atoms with Gasteiger partial charge in [0.25, 0.3) is 5.91 Å². The maximum atomic E-state index is 13.4. The summed E-state index contributed by atoms with van der Waals surface area (Å²) in [6.45, 7) is 0.656. The molecular weight excluding hydrogens is 357 g/mol. The van der Waals surface area contributed by atoms with E-state index in [2.05, 4.69) is 5.32 Å². The number of nitrogens with one attached hydrogen (secondary N) is 2. The molecule has 0 radical (unpaired) electrons. The maximum Gasteiger partial charge on any atom is 0.374 e. The molecule has 2 aromatic rings. The molecule has 1 aromatic carbocycles. The van der Waals surface area contributed by atoms with Crippen LogP contribution in [0.5, 0.6) is 0 Å². The van der Waals surface area contributed by atoms with Crippen LogP contribution in [0.2, 0.25) is 0 Å². The molecule has 2 rings (SSSR count). The first-order valence-electron chi connectivity index (χ1n) is 7.25. The van der Waals surface area contributed by atoms with Crippen molar-refractivity contribution in [2.24, 2.45) is 0 Å². The molecule has 0 saturated heterocycles. The number of esters is 1. The molecule has 1 aromatic heterocycles. The molecule has 10 heteroatoms. The van der Waals surface area contributed by atoms with Crippen molar-refractivity contribution in [3.05, 3.63) is 53.7 Å². The Morgan fingerprint density at radius 3 is 2.54 bits per heavy atom. The minimum atomic E-state index is -1.73. The number of hydrogen-bond acceptors (Lipinski definition) is 5. The van der Waals surface area contributed by atoms with Gasteiger partial charge in [-0.1, -0.05) is 0 Å². The van der Waals surface area contributed by atoms with Gasteiger partial charge in [-0.3, -0.25) is 9.59 Å². The Hall–Kier alpha value is -3.30. The van der Waals surface area contributed by atoms with Crippen molar-refractivity contribution >= 4 is 23.5 Å². The summed E-state index contributed by atoms with van der Waals surface area (Å²) in [6.07, 6.45) is 0.0173. The molecule has 26 heavy (non-hydrogen) atoms. The molecule has 1 unspecified atom stereocenters. The van der Waals surface area contributed by atoms with Crippen LogP contribution < -0.4 is 10.6 Å². The second-order valence-electron chi connectivity index (χ2n) is 5.01. The lowest BCUT2D eigenvalue weighted by molar-refractivity contribution is -0.130. The highest BCUT2D eigenvalue weighted by Gasteiger charge is 2.21. The highest BCUT2D eigenvalue weighted by Crippen LogP contribution is 2.19. The number of hydrogen-bond donors (Lipinski definition) is 2. The molecule has 0 saturated carbocycles. The van der Waals surface area contributed by atoms with E-state index >= 15 is 0 Å². The molecule has 0 aliphatic carbocycles. The lowest BCUT2D eigenvalue weighted by atomic mass is 10.2. The largest absolute Gasteiger partial charge is 0.457 e. The first kappa shape index (κ1) is 19.0. The maximum absolute atomic E-state index is 13.4. The Kier molecular flexibility index (Phi) is 5.99. The smallest absolute Gasteiger partial charge is 0.374 e. The number of halogens is 3. The Morgan fingerprint density at radius 2 is 1.88 bits per heavy atom. The standard InChI is InChI=1S/C16H13F3N2O5/c1-8(26-16(24)11-3-2-6-25-11)15(23)20-7-12(22)21-10-5-4-9(17)13(18)14(10)19/h2-6,8H,7H2,1H3,(H,20,23)(H,21,22). The van der Waals surface area contributed by atoms with Gasteiger partial charge in [-0.2, -0.15) is 0 Å². The average Bonchev–Trinajstić information content (AvgIpc) is 3.15. The molecule has 0 spiro atoms. The number of benzene rings is 1. The van der Waals surface area contributed by atoms with Crippen molar-refractivity contribution in [3.63, 3.8) is 0 Å². The molecule has 1 heterocycles. The third kappa shape index (κ3) is 4.62. The first-order chi connectivity index (χ1) is 12.3. The van der Waals surface area contributed by atoms with Gasteiger partial charge in [0, 0.05) is 0 Å². The topological polar surface area (TPSA) is 97.6 Å². The van der Waals surface area contributed by atoms with Gasteiger partial charge >= 0.3 is 5.97 Å². The van der Waals surface area contributed by atoms with E-state index in [4.69, 9.17) is 9.15 Å². The van der Waals surface area contributed by atoms with E-state index in [1.165, 1.54) is 25.3 Å². The second-order valence-corrected chi connectivity index (χ2v) is 5.01. The molecule has 138 valence electrons. The minimum absolute atomic E-state index is 0.101. The lowest BCUT2D eigenvalue weighted by Gasteiger charge is -2.13. The quantitative estimate of drug-likeness (QED) is 0.599. The van der Waals surface area contributed by atoms with E-state index in [1.807, 2.05) is 5.32 Å². The van der Waals surface area contributed by atoms with Crippen LogP contribution in [-0.2, 0) is 14.3 Å². The molecule has 2 N–H and O–H groups in total. The van der Waals surface area contributed by atoms with Gasteiger partial charge in [0.05, 0.1) is 18.5 Å². The van der Waals surface area contributed by atoms with Gasteiger partial charge in [-0.15, -0.1) is 0 Å². The fourth-order valence-electron chi connectivity index (χ4n) is 1.79. The Bertz CT molecular complexity index is 824. The van der Waals surface area contributed by atoms with Crippen LogP contribution in [0.4, 0.5) is 18.9 Å². The van der Waals surface area contributed by atoms with Crippen molar-refractivity contribution in [1.29, 1.82) is 0 Å². The number of furan rings is 1. The molecule has 1 atom stereocenters. The normalized spacial score (nSPS) is 11.5. The van der Waals surface area contributed by atoms with Gasteiger partial charge in [-0.05, 0) is 31.2 Å². The minimum Gasteiger partial charge on any atom is -0.457 e. The van der Waals surface area contributed by atoms with Crippen molar-refractivity contribution in [3.8, 4) is 0 Å². The highest BCUT2D eigenvalue weighted by atomic mass is 19.2. The molecular formula is C16H13F3N2O5. The van der Waals surface area contributed by atoms with Crippen LogP contribution in [-0.4, -0.2) is 30.4 Å². The van der Waals surface area contributed by atoms with Gasteiger partial charge in [0.2, 0.25) is 11.7 Å². The molecule has 2 amide bonds. The first-order valence-corrected chi connectivity index (χ1v) is 7.25. The van der Waals surface area contributed by atoms with Gasteiger partial charge in [0.1, 0.15) is 0 Å². The summed E-state index contributed by atoms with van der Waals surface area (Å²) in [7, 11) is 0. The summed E-state index contributed by atoms with van der Waals surface area (Å²) < 4.78 is 49.0. The van der Waals surface area contributed by atoms with Crippen LogP contribution in [0.25, 0.3) is 0 Å². The van der Waals surface area contributed by atoms with Gasteiger partial charge in [-0.25, -0.2) is 18.0 Å². The van der Waals surface area contributed by atoms with E-state index in [9.17, 15) is 27.6 Å². The van der Waals surface area contributed by atoms with Crippen molar-refractivity contribution in [2.75, 3.05) is 11.9 Å². The average molecular weight is 370 g/mol. The highest BCUT2D eigenvalue weighted by molar-refractivity contribution is 5.96. The zero-order valence-corrected chi connectivity index (χ0v) is 13.3. The van der Waals surface area contributed by atoms with Crippen LogP contribution in [0.15, 0.2) is 34.9 Å². The van der Waals surface area contributed by atoms with E-state index < -0.39 is 53.6 Å². The Balaban J connectivity index is 1.84. The number of rotatable bonds is 6. The van der Waals surface area contributed by atoms with Crippen LogP contribution in [0, 0.1) is 17.5 Å². The van der Waals surface area contributed by atoms with Crippen molar-refractivity contribution in [2.45, 2.75) is 13.0 Å². The molecule has 0 aliphatic heterocycles. The van der Waals surface area contributed by atoms with E-state index in [0.29, 0.717) is 6.07 Å². The summed E-state index contributed by atoms with van der Waals surface area (Å²) in [5, 5.41) is 4.13. The zero-order valence-electron chi connectivity index (χ0n) is 13.3. The molecule has 0 bridgehead atoms. The fraction of sp³-hybridized carbons (Fsp3) is 0.188. The summed E-state index contributed by atoms with van der Waals surface area (Å²) in [4.78, 5) is 35.1. The molecule has 0 fully saturated rings. The summed E-state index contributed by atoms with van der Waals surface area (Å²) >= 11 is 0. The van der Waals surface area contributed by atoms with E-state index in [-0.39, 0.29) is 5.76 Å². The monoisotopic (exact) mass is 370 g/mol. The van der Waals surface area contributed by atoms with Crippen LogP contribution >= 0.6 is 0 Å². The number of carbonyl (C=O) groups excluding carboxylic acids is 3. The van der Waals surface area contributed by atoms with E-state index in [1.54, 1.807) is 0 Å². The Morgan fingerprint density at radius 1 is 1.15 bits per heavy atom. The number of amides is 2. The number of anilines is 1. The summed E-state index contributed by atoms with van der Waals surface area (Å²) in [5.74, 6) is -7.36. The van der Waals surface area contributed by atoms with Gasteiger partial charge in [0.15, 0.2) is 23.6 Å². The lowest BCUT2D eigenvalue weighted by Crippen LogP contribution is -2.40. The third-order valence-electron chi connectivity index (χ3n) is 3.11. The molecule has 0 aliphatic rings. The SMILES string of the molecule is CC(OC(=O)c1ccco1)C(=O)NCC(=O)Nc1ccc(F)c(F)c1F. The third-order valence-corrected chi connectivity index (χ3v) is 3.11. The van der Waals surface area contributed by atoms with Crippen LogP contribution in [0.3, 0.4) is 0 Å². The second kappa shape index (κ2) is 8.19. The van der Waals surface area contributed by atoms with Gasteiger partial charge < -0.3 is 19.8 Å². The van der Waals surface area contributed by atoms with Crippen LogP contribution in [0.1, 0.15) is 17.5 Å². The molecule has 7 nitrogen and oxygen atoms in total. The van der Waals surface area contributed by atoms with Crippen molar-refractivity contribution < 1.29 is 36.7 Å². The predicted octanol–water partition coefficient (Wildman–Crippen LogP) is 2.00. The van der Waals surface area contributed by atoms with Crippen molar-refractivity contribution in [1.82, 2.24) is 5.32 Å². The predicted molar refractivity (Wildman–Crippen MR) is 81.5 cm³/mol. The Labute approximate surface area is 145 Å². The summed E-state index contributed by atoms with van der Waals surface area (Å²) in [5.41, 5.74) is -0.583. The fourth-order valence-corrected chi connectivity index (χ4v) is 1.79. The zero-order chi connectivity index (χ0) is 19.3. The summed E-state index contributed by atoms with van der Waals surface area (Å²) in [6, 6.07) is 4.28. The number of ether oxygens (including phenoxy) is 1.